The molecular weight excluding hydrogens is 184 g/mol. The van der Waals surface area contributed by atoms with Crippen LogP contribution in [0.2, 0.25) is 0 Å². The molecule has 0 radical (unpaired) electrons. The van der Waals surface area contributed by atoms with Crippen molar-refractivity contribution in [1.29, 1.82) is 0 Å². The van der Waals surface area contributed by atoms with E-state index in [2.05, 4.69) is 4.74 Å². The summed E-state index contributed by atoms with van der Waals surface area (Å²) in [5, 5.41) is 0. The smallest absolute Gasteiger partial charge is 0.317 e. The van der Waals surface area contributed by atoms with Gasteiger partial charge in [0.25, 0.3) is 0 Å². The molecular formula is C10H16O4. The molecule has 80 valence electrons. The molecule has 14 heavy (non-hydrogen) atoms. The third-order valence-corrected chi connectivity index (χ3v) is 2.19. The van der Waals surface area contributed by atoms with Crippen LogP contribution in [-0.4, -0.2) is 24.6 Å². The van der Waals surface area contributed by atoms with Gasteiger partial charge in [0.2, 0.25) is 0 Å². The molecule has 0 aliphatic heterocycles. The van der Waals surface area contributed by atoms with Gasteiger partial charge >= 0.3 is 11.9 Å². The fraction of sp³-hybridized carbons (Fsp3) is 0.800. The first-order valence-electron chi connectivity index (χ1n) is 5.07. The number of hydrogen-bond acceptors (Lipinski definition) is 4. The third kappa shape index (κ3) is 3.77. The summed E-state index contributed by atoms with van der Waals surface area (Å²) in [6, 6.07) is 0. The summed E-state index contributed by atoms with van der Waals surface area (Å²) >= 11 is 0. The minimum Gasteiger partial charge on any atom is -0.466 e. The lowest BCUT2D eigenvalue weighted by Crippen LogP contribution is -2.18. The molecule has 0 spiro atoms. The molecule has 0 bridgehead atoms. The summed E-state index contributed by atoms with van der Waals surface area (Å²) in [6.45, 7) is 2.01. The summed E-state index contributed by atoms with van der Waals surface area (Å²) < 4.78 is 9.73. The van der Waals surface area contributed by atoms with Gasteiger partial charge in [0.05, 0.1) is 6.61 Å². The zero-order valence-electron chi connectivity index (χ0n) is 8.45. The first-order chi connectivity index (χ1) is 6.72. The highest BCUT2D eigenvalue weighted by Crippen LogP contribution is 2.21. The van der Waals surface area contributed by atoms with Crippen molar-refractivity contribution in [2.45, 2.75) is 45.1 Å². The van der Waals surface area contributed by atoms with E-state index >= 15 is 0 Å². The molecule has 0 unspecified atom stereocenters. The highest BCUT2D eigenvalue weighted by atomic mass is 16.6. The van der Waals surface area contributed by atoms with Gasteiger partial charge in [0.15, 0.2) is 0 Å². The number of esters is 2. The van der Waals surface area contributed by atoms with E-state index in [1.54, 1.807) is 6.92 Å². The van der Waals surface area contributed by atoms with Crippen LogP contribution in [0.1, 0.15) is 39.0 Å². The van der Waals surface area contributed by atoms with Crippen molar-refractivity contribution >= 4 is 11.9 Å². The minimum atomic E-state index is -0.504. The van der Waals surface area contributed by atoms with Crippen molar-refractivity contribution < 1.29 is 19.1 Å². The number of ether oxygens (including phenoxy) is 2. The van der Waals surface area contributed by atoms with Gasteiger partial charge in [-0.05, 0) is 32.6 Å². The summed E-state index contributed by atoms with van der Waals surface area (Å²) in [6.07, 6.45) is 3.83. The second-order valence-electron chi connectivity index (χ2n) is 3.38. The van der Waals surface area contributed by atoms with E-state index in [1.165, 1.54) is 0 Å². The zero-order valence-corrected chi connectivity index (χ0v) is 8.45. The Labute approximate surface area is 83.6 Å². The largest absolute Gasteiger partial charge is 0.466 e. The predicted molar refractivity (Wildman–Crippen MR) is 49.6 cm³/mol. The molecule has 0 heterocycles. The van der Waals surface area contributed by atoms with Crippen molar-refractivity contribution in [3.63, 3.8) is 0 Å². The molecule has 1 rings (SSSR count). The molecule has 0 atom stereocenters. The summed E-state index contributed by atoms with van der Waals surface area (Å²) in [7, 11) is 0. The topological polar surface area (TPSA) is 52.6 Å². The number of hydrogen-bond donors (Lipinski definition) is 0. The molecule has 0 amide bonds. The lowest BCUT2D eigenvalue weighted by atomic mass is 10.3. The van der Waals surface area contributed by atoms with Gasteiger partial charge in [-0.25, -0.2) is 0 Å². The van der Waals surface area contributed by atoms with Gasteiger partial charge in [0, 0.05) is 0 Å². The van der Waals surface area contributed by atoms with E-state index in [0.29, 0.717) is 6.61 Å². The Morgan fingerprint density at radius 3 is 2.43 bits per heavy atom. The van der Waals surface area contributed by atoms with Gasteiger partial charge in [-0.1, -0.05) is 0 Å². The Balaban J connectivity index is 2.17. The number of carbonyl (C=O) groups is 2. The van der Waals surface area contributed by atoms with Crippen molar-refractivity contribution in [2.24, 2.45) is 0 Å². The van der Waals surface area contributed by atoms with E-state index in [0.717, 1.165) is 25.7 Å². The molecule has 0 saturated heterocycles. The number of rotatable bonds is 4. The average molecular weight is 200 g/mol. The fourth-order valence-electron chi connectivity index (χ4n) is 1.56. The maximum atomic E-state index is 11.2. The molecule has 1 fully saturated rings. The van der Waals surface area contributed by atoms with Crippen molar-refractivity contribution in [3.8, 4) is 0 Å². The maximum Gasteiger partial charge on any atom is 0.317 e. The van der Waals surface area contributed by atoms with Crippen LogP contribution in [-0.2, 0) is 19.1 Å². The molecule has 0 aromatic carbocycles. The molecule has 0 aromatic rings. The van der Waals surface area contributed by atoms with Crippen LogP contribution >= 0.6 is 0 Å². The minimum absolute atomic E-state index is 0.0249. The normalized spacial score (nSPS) is 16.6. The van der Waals surface area contributed by atoms with Gasteiger partial charge in [-0.15, -0.1) is 0 Å². The molecule has 1 saturated carbocycles. The van der Waals surface area contributed by atoms with Crippen molar-refractivity contribution in [2.75, 3.05) is 6.61 Å². The molecule has 1 aliphatic rings. The first kappa shape index (κ1) is 11.0. The van der Waals surface area contributed by atoms with Crippen LogP contribution in [0.25, 0.3) is 0 Å². The van der Waals surface area contributed by atoms with Gasteiger partial charge in [-0.2, -0.15) is 0 Å². The highest BCUT2D eigenvalue weighted by molar-refractivity contribution is 5.91. The van der Waals surface area contributed by atoms with Crippen LogP contribution in [0.15, 0.2) is 0 Å². The molecule has 4 nitrogen and oxygen atoms in total. The number of carbonyl (C=O) groups excluding carboxylic acids is 2. The Kier molecular flexibility index (Phi) is 4.43. The Morgan fingerprint density at radius 2 is 1.86 bits per heavy atom. The van der Waals surface area contributed by atoms with E-state index in [1.807, 2.05) is 0 Å². The van der Waals surface area contributed by atoms with Crippen LogP contribution in [0, 0.1) is 0 Å². The predicted octanol–water partition coefficient (Wildman–Crippen LogP) is 1.43. The van der Waals surface area contributed by atoms with Gasteiger partial charge < -0.3 is 9.47 Å². The van der Waals surface area contributed by atoms with E-state index in [4.69, 9.17) is 4.74 Å². The zero-order chi connectivity index (χ0) is 10.4. The second kappa shape index (κ2) is 5.62. The summed E-state index contributed by atoms with van der Waals surface area (Å²) in [5.41, 5.74) is 0. The fourth-order valence-corrected chi connectivity index (χ4v) is 1.56. The van der Waals surface area contributed by atoms with E-state index in [-0.39, 0.29) is 12.5 Å². The van der Waals surface area contributed by atoms with Crippen LogP contribution < -0.4 is 0 Å². The average Bonchev–Trinajstić information content (AvgIpc) is 2.56. The van der Waals surface area contributed by atoms with Crippen molar-refractivity contribution in [3.05, 3.63) is 0 Å². The lowest BCUT2D eigenvalue weighted by molar-refractivity contribution is -0.157. The van der Waals surface area contributed by atoms with Gasteiger partial charge in [-0.3, -0.25) is 9.59 Å². The maximum absolute atomic E-state index is 11.2. The van der Waals surface area contributed by atoms with E-state index < -0.39 is 11.9 Å². The van der Waals surface area contributed by atoms with Crippen molar-refractivity contribution in [1.82, 2.24) is 0 Å². The molecule has 4 heteroatoms. The first-order valence-corrected chi connectivity index (χ1v) is 5.07. The Morgan fingerprint density at radius 1 is 1.21 bits per heavy atom. The standard InChI is InChI=1S/C10H16O4/c1-2-13-9(11)7-10(12)14-8-5-3-4-6-8/h8H,2-7H2,1H3. The monoisotopic (exact) mass is 200 g/mol. The lowest BCUT2D eigenvalue weighted by Gasteiger charge is -2.10. The molecule has 0 aromatic heterocycles. The SMILES string of the molecule is CCOC(=O)CC(=O)OC1CCCC1. The van der Waals surface area contributed by atoms with Crippen LogP contribution in [0.3, 0.4) is 0 Å². The molecule has 1 aliphatic carbocycles. The van der Waals surface area contributed by atoms with Crippen LogP contribution in [0.5, 0.6) is 0 Å². The Hall–Kier alpha value is -1.06. The quantitative estimate of drug-likeness (QED) is 0.508. The third-order valence-electron chi connectivity index (χ3n) is 2.19. The highest BCUT2D eigenvalue weighted by Gasteiger charge is 2.20. The molecule has 0 N–H and O–H groups in total. The Bertz CT molecular complexity index is 206. The van der Waals surface area contributed by atoms with E-state index in [9.17, 15) is 9.59 Å². The van der Waals surface area contributed by atoms with Gasteiger partial charge in [0.1, 0.15) is 12.5 Å². The summed E-state index contributed by atoms with van der Waals surface area (Å²) in [5.74, 6) is -0.967. The van der Waals surface area contributed by atoms with Crippen LogP contribution in [0.4, 0.5) is 0 Å². The second-order valence-corrected chi connectivity index (χ2v) is 3.38. The summed E-state index contributed by atoms with van der Waals surface area (Å²) in [4.78, 5) is 22.1.